The zero-order valence-electron chi connectivity index (χ0n) is 17.9. The van der Waals surface area contributed by atoms with Crippen molar-refractivity contribution in [2.24, 2.45) is 0 Å². The first kappa shape index (κ1) is 19.8. The maximum absolute atomic E-state index is 13.1. The molecule has 2 unspecified atom stereocenters. The molecule has 0 bridgehead atoms. The number of carbonyl (C=O) groups is 1. The first-order valence-electron chi connectivity index (χ1n) is 11.3. The van der Waals surface area contributed by atoms with Gasteiger partial charge in [-0.15, -0.1) is 0 Å². The number of ether oxygens (including phenoxy) is 1. The minimum absolute atomic E-state index is 0.00234. The lowest BCUT2D eigenvalue weighted by atomic mass is 9.98. The lowest BCUT2D eigenvalue weighted by Crippen LogP contribution is -2.44. The van der Waals surface area contributed by atoms with Gasteiger partial charge in [0.2, 0.25) is 0 Å². The second-order valence-corrected chi connectivity index (χ2v) is 9.11. The summed E-state index contributed by atoms with van der Waals surface area (Å²) in [5.74, 6) is 0.0861. The van der Waals surface area contributed by atoms with Crippen molar-refractivity contribution in [1.82, 2.24) is 24.4 Å². The van der Waals surface area contributed by atoms with Crippen molar-refractivity contribution in [3.05, 3.63) is 33.4 Å². The number of hydrogen-bond donors (Lipinski definition) is 1. The third-order valence-corrected chi connectivity index (χ3v) is 6.90. The molecule has 3 aliphatic heterocycles. The molecule has 2 aromatic heterocycles. The molecule has 2 saturated heterocycles. The van der Waals surface area contributed by atoms with Crippen molar-refractivity contribution < 1.29 is 9.53 Å². The van der Waals surface area contributed by atoms with Gasteiger partial charge < -0.3 is 9.64 Å². The van der Waals surface area contributed by atoms with Gasteiger partial charge in [0.15, 0.2) is 5.65 Å². The normalized spacial score (nSPS) is 25.2. The molecule has 0 saturated carbocycles. The van der Waals surface area contributed by atoms with Gasteiger partial charge in [-0.25, -0.2) is 9.50 Å². The first-order valence-corrected chi connectivity index (χ1v) is 11.3. The van der Waals surface area contributed by atoms with Gasteiger partial charge in [0.05, 0.1) is 17.4 Å². The minimum Gasteiger partial charge on any atom is -0.368 e. The van der Waals surface area contributed by atoms with E-state index in [0.29, 0.717) is 24.8 Å². The molecule has 5 heterocycles. The van der Waals surface area contributed by atoms with E-state index in [9.17, 15) is 9.59 Å². The maximum atomic E-state index is 13.1. The number of aromatic amines is 1. The SMILES string of the molecule is CC(C)N1CCc2c(nc3cc(C4CCCCN4C(=O)C4CCCO4)[nH]n3c2=O)C1. The molecular weight excluding hydrogens is 382 g/mol. The topological polar surface area (TPSA) is 82.9 Å². The van der Waals surface area contributed by atoms with Crippen molar-refractivity contribution in [3.8, 4) is 0 Å². The summed E-state index contributed by atoms with van der Waals surface area (Å²) in [5, 5.41) is 3.29. The Kier molecular flexibility index (Phi) is 5.14. The summed E-state index contributed by atoms with van der Waals surface area (Å²) in [6.45, 7) is 7.35. The fourth-order valence-electron chi connectivity index (χ4n) is 5.12. The Bertz CT molecular complexity index is 1000. The molecule has 3 aliphatic rings. The number of amides is 1. The van der Waals surface area contributed by atoms with Crippen LogP contribution >= 0.6 is 0 Å². The summed E-state index contributed by atoms with van der Waals surface area (Å²) in [5.41, 5.74) is 3.25. The lowest BCUT2D eigenvalue weighted by Gasteiger charge is -2.36. The Balaban J connectivity index is 1.49. The van der Waals surface area contributed by atoms with Crippen LogP contribution in [0.15, 0.2) is 10.9 Å². The predicted octanol–water partition coefficient (Wildman–Crippen LogP) is 2.02. The molecular formula is C22H31N5O3. The van der Waals surface area contributed by atoms with Crippen LogP contribution in [-0.4, -0.2) is 62.1 Å². The van der Waals surface area contributed by atoms with E-state index in [2.05, 4.69) is 23.8 Å². The Morgan fingerprint density at radius 1 is 1.23 bits per heavy atom. The number of carbonyl (C=O) groups excluding carboxylic acids is 1. The van der Waals surface area contributed by atoms with Crippen molar-refractivity contribution >= 4 is 11.6 Å². The van der Waals surface area contributed by atoms with E-state index >= 15 is 0 Å². The van der Waals surface area contributed by atoms with Crippen LogP contribution in [0.4, 0.5) is 0 Å². The number of hydrogen-bond acceptors (Lipinski definition) is 5. The van der Waals surface area contributed by atoms with Crippen LogP contribution in [0.25, 0.3) is 5.65 Å². The van der Waals surface area contributed by atoms with Crippen LogP contribution < -0.4 is 5.56 Å². The van der Waals surface area contributed by atoms with Crippen molar-refractivity contribution in [2.75, 3.05) is 19.7 Å². The fraction of sp³-hybridized carbons (Fsp3) is 0.682. The molecule has 0 spiro atoms. The van der Waals surface area contributed by atoms with E-state index in [1.165, 1.54) is 0 Å². The predicted molar refractivity (Wildman–Crippen MR) is 112 cm³/mol. The molecule has 8 nitrogen and oxygen atoms in total. The monoisotopic (exact) mass is 413 g/mol. The quantitative estimate of drug-likeness (QED) is 0.832. The van der Waals surface area contributed by atoms with E-state index in [4.69, 9.17) is 9.72 Å². The maximum Gasteiger partial charge on any atom is 0.276 e. The molecule has 1 amide bonds. The largest absolute Gasteiger partial charge is 0.368 e. The third-order valence-electron chi connectivity index (χ3n) is 6.90. The Hall–Kier alpha value is -2.19. The molecule has 0 aromatic carbocycles. The van der Waals surface area contributed by atoms with Crippen LogP contribution in [-0.2, 0) is 22.5 Å². The summed E-state index contributed by atoms with van der Waals surface area (Å²) >= 11 is 0. The number of fused-ring (bicyclic) bond motifs is 2. The molecule has 2 fully saturated rings. The van der Waals surface area contributed by atoms with E-state index in [0.717, 1.165) is 68.6 Å². The van der Waals surface area contributed by atoms with E-state index < -0.39 is 0 Å². The van der Waals surface area contributed by atoms with Crippen LogP contribution in [0, 0.1) is 0 Å². The fourth-order valence-corrected chi connectivity index (χ4v) is 5.12. The molecule has 0 radical (unpaired) electrons. The van der Waals surface area contributed by atoms with E-state index in [-0.39, 0.29) is 23.6 Å². The highest BCUT2D eigenvalue weighted by atomic mass is 16.5. The van der Waals surface area contributed by atoms with Gasteiger partial charge in [0, 0.05) is 43.9 Å². The average Bonchev–Trinajstić information content (AvgIpc) is 3.43. The highest BCUT2D eigenvalue weighted by Crippen LogP contribution is 2.32. The van der Waals surface area contributed by atoms with Crippen molar-refractivity contribution in [2.45, 2.75) is 77.1 Å². The molecule has 30 heavy (non-hydrogen) atoms. The third kappa shape index (κ3) is 3.36. The van der Waals surface area contributed by atoms with Crippen LogP contribution in [0.1, 0.15) is 68.9 Å². The van der Waals surface area contributed by atoms with Crippen LogP contribution in [0.3, 0.4) is 0 Å². The summed E-state index contributed by atoms with van der Waals surface area (Å²) in [6.07, 6.45) is 5.12. The number of rotatable bonds is 3. The zero-order chi connectivity index (χ0) is 20.8. The minimum atomic E-state index is -0.315. The van der Waals surface area contributed by atoms with Crippen LogP contribution in [0.5, 0.6) is 0 Å². The Morgan fingerprint density at radius 3 is 2.87 bits per heavy atom. The standard InChI is InChI=1S/C22H31N5O3/c1-14(2)25-10-8-15-17(13-25)23-20-12-16(24-27(20)21(15)28)18-6-3-4-9-26(18)22(29)19-7-5-11-30-19/h12,14,18-19,24H,3-11,13H2,1-2H3. The highest BCUT2D eigenvalue weighted by molar-refractivity contribution is 5.81. The van der Waals surface area contributed by atoms with Gasteiger partial charge in [-0.2, -0.15) is 0 Å². The van der Waals surface area contributed by atoms with Gasteiger partial charge in [-0.1, -0.05) is 0 Å². The van der Waals surface area contributed by atoms with E-state index in [1.54, 1.807) is 4.52 Å². The summed E-state index contributed by atoms with van der Waals surface area (Å²) in [4.78, 5) is 35.4. The smallest absolute Gasteiger partial charge is 0.276 e. The average molecular weight is 414 g/mol. The Labute approximate surface area is 176 Å². The van der Waals surface area contributed by atoms with Gasteiger partial charge >= 0.3 is 0 Å². The molecule has 162 valence electrons. The highest BCUT2D eigenvalue weighted by Gasteiger charge is 2.35. The van der Waals surface area contributed by atoms with Gasteiger partial charge in [0.1, 0.15) is 6.10 Å². The molecule has 5 rings (SSSR count). The second-order valence-electron chi connectivity index (χ2n) is 9.11. The molecule has 1 N–H and O–H groups in total. The van der Waals surface area contributed by atoms with Gasteiger partial charge in [-0.05, 0) is 52.4 Å². The lowest BCUT2D eigenvalue weighted by molar-refractivity contribution is -0.145. The number of H-pyrrole nitrogens is 1. The zero-order valence-corrected chi connectivity index (χ0v) is 17.9. The van der Waals surface area contributed by atoms with Crippen molar-refractivity contribution in [3.63, 3.8) is 0 Å². The first-order chi connectivity index (χ1) is 14.5. The van der Waals surface area contributed by atoms with Crippen LogP contribution in [0.2, 0.25) is 0 Å². The van der Waals surface area contributed by atoms with Gasteiger partial charge in [0.25, 0.3) is 11.5 Å². The summed E-state index contributed by atoms with van der Waals surface area (Å²) in [7, 11) is 0. The summed E-state index contributed by atoms with van der Waals surface area (Å²) in [6, 6.07) is 2.34. The number of nitrogens with one attached hydrogen (secondary N) is 1. The summed E-state index contributed by atoms with van der Waals surface area (Å²) < 4.78 is 7.23. The molecule has 8 heteroatoms. The second kappa shape index (κ2) is 7.81. The molecule has 2 aromatic rings. The van der Waals surface area contributed by atoms with Gasteiger partial charge in [-0.3, -0.25) is 19.6 Å². The number of likely N-dealkylation sites (tertiary alicyclic amines) is 1. The van der Waals surface area contributed by atoms with Crippen molar-refractivity contribution in [1.29, 1.82) is 0 Å². The number of nitrogens with zero attached hydrogens (tertiary/aromatic N) is 4. The molecule has 2 atom stereocenters. The number of piperidine rings is 1. The van der Waals surface area contributed by atoms with E-state index in [1.807, 2.05) is 11.0 Å². The number of aromatic nitrogens is 3. The Morgan fingerprint density at radius 2 is 2.10 bits per heavy atom. The molecule has 0 aliphatic carbocycles.